The molecule has 1 heterocycles. The van der Waals surface area contributed by atoms with Gasteiger partial charge in [-0.3, -0.25) is 0 Å². The molecule has 0 fully saturated rings. The summed E-state index contributed by atoms with van der Waals surface area (Å²) in [6.45, 7) is 3.64. The van der Waals surface area contributed by atoms with Gasteiger partial charge in [0.05, 0.1) is 5.71 Å². The van der Waals surface area contributed by atoms with Gasteiger partial charge in [0.25, 0.3) is 0 Å². The van der Waals surface area contributed by atoms with Gasteiger partial charge in [0, 0.05) is 12.5 Å². The summed E-state index contributed by atoms with van der Waals surface area (Å²) in [6.07, 6.45) is 1.02. The van der Waals surface area contributed by atoms with Gasteiger partial charge in [-0.05, 0) is 6.42 Å². The molecule has 16 heavy (non-hydrogen) atoms. The standard InChI is InChI=1S/C11H15NO4/c1-4-7-6-9(13)10(11(14)16-7)8(5-2)12-15-3/h6,13H,4-5H2,1-3H3. The van der Waals surface area contributed by atoms with Crippen molar-refractivity contribution in [2.75, 3.05) is 7.11 Å². The lowest BCUT2D eigenvalue weighted by molar-refractivity contribution is 0.212. The van der Waals surface area contributed by atoms with Crippen LogP contribution in [0.3, 0.4) is 0 Å². The number of aryl methyl sites for hydroxylation is 1. The lowest BCUT2D eigenvalue weighted by atomic mass is 10.1. The zero-order chi connectivity index (χ0) is 12.1. The average molecular weight is 225 g/mol. The summed E-state index contributed by atoms with van der Waals surface area (Å²) in [5.74, 6) is 0.324. The molecule has 0 saturated carbocycles. The van der Waals surface area contributed by atoms with Crippen LogP contribution in [-0.2, 0) is 11.3 Å². The van der Waals surface area contributed by atoms with E-state index >= 15 is 0 Å². The molecule has 0 aliphatic heterocycles. The lowest BCUT2D eigenvalue weighted by Gasteiger charge is -2.05. The van der Waals surface area contributed by atoms with Gasteiger partial charge >= 0.3 is 5.63 Å². The van der Waals surface area contributed by atoms with Gasteiger partial charge in [-0.1, -0.05) is 19.0 Å². The minimum Gasteiger partial charge on any atom is -0.507 e. The van der Waals surface area contributed by atoms with Crippen LogP contribution in [0.25, 0.3) is 0 Å². The van der Waals surface area contributed by atoms with Crippen molar-refractivity contribution in [3.63, 3.8) is 0 Å². The molecule has 0 bridgehead atoms. The zero-order valence-corrected chi connectivity index (χ0v) is 9.61. The molecular formula is C11H15NO4. The minimum absolute atomic E-state index is 0.0709. The second kappa shape index (κ2) is 5.34. The molecule has 0 aliphatic carbocycles. The lowest BCUT2D eigenvalue weighted by Crippen LogP contribution is -2.15. The second-order valence-electron chi connectivity index (χ2n) is 3.19. The highest BCUT2D eigenvalue weighted by Crippen LogP contribution is 2.17. The Hall–Kier alpha value is -1.78. The molecule has 1 aromatic heterocycles. The molecule has 0 aliphatic rings. The van der Waals surface area contributed by atoms with Gasteiger partial charge in [0.15, 0.2) is 0 Å². The summed E-state index contributed by atoms with van der Waals surface area (Å²) < 4.78 is 5.02. The smallest absolute Gasteiger partial charge is 0.349 e. The molecule has 1 N–H and O–H groups in total. The third kappa shape index (κ3) is 2.42. The molecule has 88 valence electrons. The first-order valence-corrected chi connectivity index (χ1v) is 5.10. The van der Waals surface area contributed by atoms with Gasteiger partial charge < -0.3 is 14.4 Å². The molecule has 0 atom stereocenters. The Morgan fingerprint density at radius 1 is 1.56 bits per heavy atom. The van der Waals surface area contributed by atoms with Crippen LogP contribution in [0.5, 0.6) is 5.75 Å². The first-order valence-electron chi connectivity index (χ1n) is 5.10. The third-order valence-corrected chi connectivity index (χ3v) is 2.16. The molecule has 0 spiro atoms. The Labute approximate surface area is 93.3 Å². The molecule has 0 saturated heterocycles. The van der Waals surface area contributed by atoms with E-state index in [1.54, 1.807) is 0 Å². The summed E-state index contributed by atoms with van der Waals surface area (Å²) in [4.78, 5) is 16.2. The van der Waals surface area contributed by atoms with Crippen LogP contribution in [0.2, 0.25) is 0 Å². The molecule has 5 heteroatoms. The number of hydrogen-bond donors (Lipinski definition) is 1. The predicted octanol–water partition coefficient (Wildman–Crippen LogP) is 1.67. The van der Waals surface area contributed by atoms with Gasteiger partial charge in [-0.15, -0.1) is 0 Å². The highest BCUT2D eigenvalue weighted by atomic mass is 16.6. The van der Waals surface area contributed by atoms with Crippen LogP contribution >= 0.6 is 0 Å². The van der Waals surface area contributed by atoms with Gasteiger partial charge in [-0.25, -0.2) is 4.79 Å². The van der Waals surface area contributed by atoms with E-state index in [-0.39, 0.29) is 11.3 Å². The van der Waals surface area contributed by atoms with Crippen LogP contribution in [0.4, 0.5) is 0 Å². The highest BCUT2D eigenvalue weighted by molar-refractivity contribution is 6.01. The van der Waals surface area contributed by atoms with E-state index in [1.165, 1.54) is 13.2 Å². The molecule has 0 unspecified atom stereocenters. The molecule has 0 aromatic carbocycles. The molecule has 0 amide bonds. The maximum atomic E-state index is 11.6. The van der Waals surface area contributed by atoms with Gasteiger partial charge in [0.2, 0.25) is 0 Å². The van der Waals surface area contributed by atoms with Crippen molar-refractivity contribution in [3.8, 4) is 5.75 Å². The normalized spacial score (nSPS) is 11.6. The van der Waals surface area contributed by atoms with Crippen LogP contribution in [0, 0.1) is 0 Å². The second-order valence-corrected chi connectivity index (χ2v) is 3.19. The monoisotopic (exact) mass is 225 g/mol. The fourth-order valence-electron chi connectivity index (χ4n) is 1.37. The maximum absolute atomic E-state index is 11.6. The van der Waals surface area contributed by atoms with Crippen LogP contribution < -0.4 is 5.63 Å². The molecule has 1 aromatic rings. The number of aromatic hydroxyl groups is 1. The fourth-order valence-corrected chi connectivity index (χ4v) is 1.37. The van der Waals surface area contributed by atoms with Crippen molar-refractivity contribution in [1.82, 2.24) is 0 Å². The number of oxime groups is 1. The fraction of sp³-hybridized carbons (Fsp3) is 0.455. The van der Waals surface area contributed by atoms with E-state index in [9.17, 15) is 9.90 Å². The summed E-state index contributed by atoms with van der Waals surface area (Å²) >= 11 is 0. The number of nitrogens with zero attached hydrogens (tertiary/aromatic N) is 1. The first-order chi connectivity index (χ1) is 7.63. The van der Waals surface area contributed by atoms with E-state index in [0.29, 0.717) is 24.3 Å². The quantitative estimate of drug-likeness (QED) is 0.625. The number of rotatable bonds is 4. The number of hydrogen-bond acceptors (Lipinski definition) is 5. The van der Waals surface area contributed by atoms with E-state index in [1.807, 2.05) is 13.8 Å². The molecular weight excluding hydrogens is 210 g/mol. The highest BCUT2D eigenvalue weighted by Gasteiger charge is 2.16. The summed E-state index contributed by atoms with van der Waals surface area (Å²) in [5, 5.41) is 13.4. The van der Waals surface area contributed by atoms with Crippen LogP contribution in [-0.4, -0.2) is 17.9 Å². The summed E-state index contributed by atoms with van der Waals surface area (Å²) in [7, 11) is 1.38. The van der Waals surface area contributed by atoms with Crippen LogP contribution in [0.1, 0.15) is 31.6 Å². The summed E-state index contributed by atoms with van der Waals surface area (Å²) in [5.41, 5.74) is -0.146. The van der Waals surface area contributed by atoms with E-state index in [4.69, 9.17) is 4.42 Å². The van der Waals surface area contributed by atoms with Crippen molar-refractivity contribution >= 4 is 5.71 Å². The van der Waals surface area contributed by atoms with E-state index in [2.05, 4.69) is 9.99 Å². The SMILES string of the molecule is CCC(=NOC)c1c(O)cc(CC)oc1=O. The topological polar surface area (TPSA) is 72.0 Å². The van der Waals surface area contributed by atoms with Crippen molar-refractivity contribution in [3.05, 3.63) is 27.8 Å². The zero-order valence-electron chi connectivity index (χ0n) is 9.61. The maximum Gasteiger partial charge on any atom is 0.349 e. The van der Waals surface area contributed by atoms with Crippen molar-refractivity contribution in [2.45, 2.75) is 26.7 Å². The van der Waals surface area contributed by atoms with Crippen molar-refractivity contribution in [1.29, 1.82) is 0 Å². The average Bonchev–Trinajstić information content (AvgIpc) is 2.26. The predicted molar refractivity (Wildman–Crippen MR) is 59.9 cm³/mol. The van der Waals surface area contributed by atoms with Crippen molar-refractivity contribution < 1.29 is 14.4 Å². The van der Waals surface area contributed by atoms with Gasteiger partial charge in [0.1, 0.15) is 24.2 Å². The molecule has 0 radical (unpaired) electrons. The minimum atomic E-state index is -0.588. The first kappa shape index (κ1) is 12.3. The summed E-state index contributed by atoms with van der Waals surface area (Å²) in [6, 6.07) is 1.43. The Morgan fingerprint density at radius 3 is 2.69 bits per heavy atom. The molecule has 1 rings (SSSR count). The Balaban J connectivity index is 3.34. The Morgan fingerprint density at radius 2 is 2.25 bits per heavy atom. The van der Waals surface area contributed by atoms with Crippen molar-refractivity contribution in [2.24, 2.45) is 5.16 Å². The van der Waals surface area contributed by atoms with E-state index in [0.717, 1.165) is 0 Å². The Kier molecular flexibility index (Phi) is 4.10. The Bertz CT molecular complexity index is 448. The molecule has 5 nitrogen and oxygen atoms in total. The van der Waals surface area contributed by atoms with Gasteiger partial charge in [-0.2, -0.15) is 0 Å². The van der Waals surface area contributed by atoms with E-state index < -0.39 is 5.63 Å². The third-order valence-electron chi connectivity index (χ3n) is 2.16. The largest absolute Gasteiger partial charge is 0.507 e. The van der Waals surface area contributed by atoms with Crippen LogP contribution in [0.15, 0.2) is 20.4 Å².